The van der Waals surface area contributed by atoms with Crippen LogP contribution in [0, 0.1) is 24.4 Å². The fourth-order valence-corrected chi connectivity index (χ4v) is 1.29. The SMILES string of the molecule is Cc1c(F)c(C(=O)O)c(F)c(F)c1Br. The van der Waals surface area contributed by atoms with Gasteiger partial charge in [-0.3, -0.25) is 0 Å². The third kappa shape index (κ3) is 1.50. The maximum Gasteiger partial charge on any atom is 0.341 e. The Morgan fingerprint density at radius 3 is 2.14 bits per heavy atom. The van der Waals surface area contributed by atoms with Crippen molar-refractivity contribution in [2.45, 2.75) is 6.92 Å². The van der Waals surface area contributed by atoms with Crippen LogP contribution in [0.3, 0.4) is 0 Å². The molecular formula is C8H4BrF3O2. The zero-order valence-corrected chi connectivity index (χ0v) is 8.45. The molecule has 0 heterocycles. The lowest BCUT2D eigenvalue weighted by Gasteiger charge is -2.06. The summed E-state index contributed by atoms with van der Waals surface area (Å²) in [7, 11) is 0. The molecule has 0 saturated heterocycles. The van der Waals surface area contributed by atoms with E-state index in [-0.39, 0.29) is 5.56 Å². The van der Waals surface area contributed by atoms with Crippen LogP contribution in [0.15, 0.2) is 4.47 Å². The lowest BCUT2D eigenvalue weighted by molar-refractivity contribution is 0.0684. The molecule has 0 amide bonds. The standard InChI is InChI=1S/C8H4BrF3O2/c1-2-4(9)7(12)6(11)3(5(2)10)8(13)14/h1H3,(H,13,14). The molecule has 0 aromatic heterocycles. The number of aromatic carboxylic acids is 1. The van der Waals surface area contributed by atoms with E-state index in [9.17, 15) is 18.0 Å². The van der Waals surface area contributed by atoms with Gasteiger partial charge in [-0.25, -0.2) is 18.0 Å². The first kappa shape index (κ1) is 11.0. The minimum atomic E-state index is -1.84. The van der Waals surface area contributed by atoms with Crippen molar-refractivity contribution < 1.29 is 23.1 Å². The number of carboxylic acids is 1. The van der Waals surface area contributed by atoms with Crippen LogP contribution < -0.4 is 0 Å². The molecule has 1 aromatic rings. The average molecular weight is 269 g/mol. The Balaban J connectivity index is 3.68. The topological polar surface area (TPSA) is 37.3 Å². The highest BCUT2D eigenvalue weighted by atomic mass is 79.9. The van der Waals surface area contributed by atoms with E-state index in [1.165, 1.54) is 0 Å². The smallest absolute Gasteiger partial charge is 0.341 e. The van der Waals surface area contributed by atoms with Gasteiger partial charge in [-0.05, 0) is 22.9 Å². The molecule has 0 fully saturated rings. The van der Waals surface area contributed by atoms with Crippen LogP contribution in [0.25, 0.3) is 0 Å². The fourth-order valence-electron chi connectivity index (χ4n) is 0.939. The van der Waals surface area contributed by atoms with E-state index in [1.54, 1.807) is 0 Å². The molecule has 0 aliphatic rings. The van der Waals surface area contributed by atoms with Crippen LogP contribution in [-0.4, -0.2) is 11.1 Å². The Morgan fingerprint density at radius 1 is 1.21 bits per heavy atom. The molecule has 76 valence electrons. The second kappa shape index (κ2) is 3.61. The van der Waals surface area contributed by atoms with Crippen LogP contribution in [0.5, 0.6) is 0 Å². The number of benzene rings is 1. The van der Waals surface area contributed by atoms with Crippen molar-refractivity contribution in [3.63, 3.8) is 0 Å². The van der Waals surface area contributed by atoms with Gasteiger partial charge in [0, 0.05) is 5.56 Å². The number of carboxylic acid groups (broad SMARTS) is 1. The van der Waals surface area contributed by atoms with E-state index >= 15 is 0 Å². The molecule has 2 nitrogen and oxygen atoms in total. The number of carbonyl (C=O) groups is 1. The molecular weight excluding hydrogens is 265 g/mol. The molecule has 6 heteroatoms. The molecule has 0 radical (unpaired) electrons. The summed E-state index contributed by atoms with van der Waals surface area (Å²) in [5.74, 6) is -6.22. The first-order chi connectivity index (χ1) is 6.37. The van der Waals surface area contributed by atoms with Crippen molar-refractivity contribution in [3.05, 3.63) is 33.1 Å². The zero-order valence-electron chi connectivity index (χ0n) is 6.87. The van der Waals surface area contributed by atoms with Gasteiger partial charge in [0.05, 0.1) is 4.47 Å². The number of rotatable bonds is 1. The van der Waals surface area contributed by atoms with Gasteiger partial charge in [0.2, 0.25) is 0 Å². The van der Waals surface area contributed by atoms with Gasteiger partial charge in [-0.15, -0.1) is 0 Å². The van der Waals surface area contributed by atoms with E-state index in [1.807, 2.05) is 0 Å². The largest absolute Gasteiger partial charge is 0.477 e. The lowest BCUT2D eigenvalue weighted by atomic mass is 10.1. The molecule has 0 atom stereocenters. The summed E-state index contributed by atoms with van der Waals surface area (Å²) < 4.78 is 38.6. The maximum absolute atomic E-state index is 13.1. The molecule has 0 saturated carbocycles. The summed E-state index contributed by atoms with van der Waals surface area (Å²) in [4.78, 5) is 10.4. The molecule has 0 aliphatic carbocycles. The predicted octanol–water partition coefficient (Wildman–Crippen LogP) is 2.87. The van der Waals surface area contributed by atoms with Crippen LogP contribution in [0.2, 0.25) is 0 Å². The molecule has 14 heavy (non-hydrogen) atoms. The number of hydrogen-bond acceptors (Lipinski definition) is 1. The quantitative estimate of drug-likeness (QED) is 0.628. The second-order valence-electron chi connectivity index (χ2n) is 2.56. The number of halogens is 4. The van der Waals surface area contributed by atoms with Crippen molar-refractivity contribution >= 4 is 21.9 Å². The van der Waals surface area contributed by atoms with Gasteiger partial charge in [-0.2, -0.15) is 0 Å². The fraction of sp³-hybridized carbons (Fsp3) is 0.125. The molecule has 1 aromatic carbocycles. The van der Waals surface area contributed by atoms with Crippen LogP contribution in [-0.2, 0) is 0 Å². The predicted molar refractivity (Wildman–Crippen MR) is 45.7 cm³/mol. The third-order valence-electron chi connectivity index (χ3n) is 1.70. The van der Waals surface area contributed by atoms with Gasteiger partial charge in [0.25, 0.3) is 0 Å². The molecule has 0 aliphatic heterocycles. The van der Waals surface area contributed by atoms with E-state index in [4.69, 9.17) is 5.11 Å². The minimum Gasteiger partial charge on any atom is -0.477 e. The summed E-state index contributed by atoms with van der Waals surface area (Å²) in [5.41, 5.74) is -1.55. The molecule has 0 bridgehead atoms. The Morgan fingerprint density at radius 2 is 1.71 bits per heavy atom. The van der Waals surface area contributed by atoms with Gasteiger partial charge in [0.15, 0.2) is 11.6 Å². The summed E-state index contributed by atoms with van der Waals surface area (Å²) >= 11 is 2.62. The summed E-state index contributed by atoms with van der Waals surface area (Å²) in [6, 6.07) is 0. The van der Waals surface area contributed by atoms with Crippen molar-refractivity contribution in [1.29, 1.82) is 0 Å². The highest BCUT2D eigenvalue weighted by Gasteiger charge is 2.25. The van der Waals surface area contributed by atoms with Gasteiger partial charge in [-0.1, -0.05) is 0 Å². The van der Waals surface area contributed by atoms with Crippen molar-refractivity contribution in [1.82, 2.24) is 0 Å². The normalized spacial score (nSPS) is 10.4. The molecule has 1 rings (SSSR count). The van der Waals surface area contributed by atoms with Crippen molar-refractivity contribution in [2.24, 2.45) is 0 Å². The molecule has 0 unspecified atom stereocenters. The van der Waals surface area contributed by atoms with E-state index in [0.717, 1.165) is 6.92 Å². The van der Waals surface area contributed by atoms with Crippen molar-refractivity contribution in [2.75, 3.05) is 0 Å². The highest BCUT2D eigenvalue weighted by Crippen LogP contribution is 2.28. The van der Waals surface area contributed by atoms with Crippen molar-refractivity contribution in [3.8, 4) is 0 Å². The molecule has 0 spiro atoms. The summed E-state index contributed by atoms with van der Waals surface area (Å²) in [5, 5.41) is 8.42. The van der Waals surface area contributed by atoms with Gasteiger partial charge in [0.1, 0.15) is 11.4 Å². The summed E-state index contributed by atoms with van der Waals surface area (Å²) in [6.07, 6.45) is 0. The Bertz CT molecular complexity index is 389. The second-order valence-corrected chi connectivity index (χ2v) is 3.35. The zero-order chi connectivity index (χ0) is 11.0. The van der Waals surface area contributed by atoms with Gasteiger partial charge < -0.3 is 5.11 Å². The van der Waals surface area contributed by atoms with E-state index < -0.39 is 33.5 Å². The minimum absolute atomic E-state index is 0.277. The molecule has 1 N–H and O–H groups in total. The summed E-state index contributed by atoms with van der Waals surface area (Å²) in [6.45, 7) is 1.15. The van der Waals surface area contributed by atoms with Crippen LogP contribution in [0.1, 0.15) is 15.9 Å². The Labute approximate surface area is 85.5 Å². The average Bonchev–Trinajstić information content (AvgIpc) is 2.11. The van der Waals surface area contributed by atoms with Crippen LogP contribution in [0.4, 0.5) is 13.2 Å². The maximum atomic E-state index is 13.1. The van der Waals surface area contributed by atoms with E-state index in [0.29, 0.717) is 0 Å². The Kier molecular flexibility index (Phi) is 2.84. The van der Waals surface area contributed by atoms with E-state index in [2.05, 4.69) is 15.9 Å². The highest BCUT2D eigenvalue weighted by molar-refractivity contribution is 9.10. The lowest BCUT2D eigenvalue weighted by Crippen LogP contribution is -2.09. The van der Waals surface area contributed by atoms with Gasteiger partial charge >= 0.3 is 5.97 Å². The first-order valence-electron chi connectivity index (χ1n) is 3.43. The monoisotopic (exact) mass is 268 g/mol. The third-order valence-corrected chi connectivity index (χ3v) is 2.64. The Hall–Kier alpha value is -1.04. The number of hydrogen-bond donors (Lipinski definition) is 1. The first-order valence-corrected chi connectivity index (χ1v) is 4.23. The van der Waals surface area contributed by atoms with Crippen LogP contribution >= 0.6 is 15.9 Å².